The molecule has 7 nitrogen and oxygen atoms in total. The number of amides is 2. The topological polar surface area (TPSA) is 98.2 Å². The number of rotatable bonds is 6. The van der Waals surface area contributed by atoms with Crippen LogP contribution < -0.4 is 4.90 Å². The van der Waals surface area contributed by atoms with E-state index in [0.717, 1.165) is 43.4 Å². The fourth-order valence-electron chi connectivity index (χ4n) is 4.80. The van der Waals surface area contributed by atoms with Crippen molar-refractivity contribution in [2.24, 2.45) is 23.2 Å². The van der Waals surface area contributed by atoms with E-state index < -0.39 is 12.0 Å². The molecule has 2 atom stereocenters. The number of hydrogen-bond donors (Lipinski definition) is 2. The summed E-state index contributed by atoms with van der Waals surface area (Å²) in [6, 6.07) is 0.802. The van der Waals surface area contributed by atoms with Gasteiger partial charge in [-0.2, -0.15) is 0 Å². The molecule has 2 fully saturated rings. The van der Waals surface area contributed by atoms with Crippen LogP contribution in [-0.4, -0.2) is 58.6 Å². The van der Waals surface area contributed by atoms with Gasteiger partial charge in [-0.3, -0.25) is 14.5 Å². The zero-order valence-corrected chi connectivity index (χ0v) is 22.3. The van der Waals surface area contributed by atoms with E-state index in [0.29, 0.717) is 23.9 Å². The van der Waals surface area contributed by atoms with Crippen molar-refractivity contribution in [1.29, 1.82) is 0 Å². The van der Waals surface area contributed by atoms with Crippen LogP contribution in [0.5, 0.6) is 0 Å². The summed E-state index contributed by atoms with van der Waals surface area (Å²) in [5.41, 5.74) is -0.00697. The van der Waals surface area contributed by atoms with Gasteiger partial charge in [-0.25, -0.2) is 4.79 Å². The highest BCUT2D eigenvalue weighted by atomic mass is 32.1. The Morgan fingerprint density at radius 2 is 1.86 bits per heavy atom. The first-order valence-electron chi connectivity index (χ1n) is 12.5. The molecular weight excluding hydrogens is 464 g/mol. The van der Waals surface area contributed by atoms with Crippen molar-refractivity contribution >= 4 is 34.8 Å². The molecule has 35 heavy (non-hydrogen) atoms. The summed E-state index contributed by atoms with van der Waals surface area (Å²) in [7, 11) is 0. The van der Waals surface area contributed by atoms with Crippen LogP contribution in [0.15, 0.2) is 6.07 Å². The maximum atomic E-state index is 13.9. The van der Waals surface area contributed by atoms with Gasteiger partial charge in [0.15, 0.2) is 0 Å². The number of hydrogen-bond acceptors (Lipinski definition) is 5. The van der Waals surface area contributed by atoms with Crippen molar-refractivity contribution in [3.05, 3.63) is 15.8 Å². The van der Waals surface area contributed by atoms with Gasteiger partial charge < -0.3 is 15.1 Å². The van der Waals surface area contributed by atoms with Crippen molar-refractivity contribution in [2.75, 3.05) is 24.6 Å². The molecule has 2 heterocycles. The first kappa shape index (κ1) is 27.2. The number of anilines is 1. The van der Waals surface area contributed by atoms with Gasteiger partial charge in [-0.15, -0.1) is 11.3 Å². The minimum atomic E-state index is -1.13. The maximum Gasteiger partial charge on any atom is 0.348 e. The molecule has 1 aromatic rings. The number of aliphatic hydroxyl groups is 1. The second-order valence-electron chi connectivity index (χ2n) is 11.1. The molecule has 2 N–H and O–H groups in total. The number of likely N-dealkylation sites (tertiary alicyclic amines) is 1. The van der Waals surface area contributed by atoms with Gasteiger partial charge in [0.1, 0.15) is 10.9 Å². The van der Waals surface area contributed by atoms with E-state index in [2.05, 4.69) is 18.8 Å². The van der Waals surface area contributed by atoms with Crippen LogP contribution >= 0.6 is 11.3 Å². The molecule has 0 aromatic carbocycles. The van der Waals surface area contributed by atoms with Crippen LogP contribution in [0.4, 0.5) is 5.69 Å². The van der Waals surface area contributed by atoms with E-state index in [-0.39, 0.29) is 46.2 Å². The molecule has 3 rings (SSSR count). The molecule has 0 unspecified atom stereocenters. The van der Waals surface area contributed by atoms with Crippen molar-refractivity contribution < 1.29 is 24.6 Å². The molecule has 1 aliphatic carbocycles. The quantitative estimate of drug-likeness (QED) is 0.567. The SMILES string of the molecule is C[C@@H](C(=O)N1CC[C@H](CO)C1)N(c1cc(C#CC(C)(C)C)sc1C(=O)O)C(=O)[C@H]1CC[C@H](C)CC1. The standard InChI is InChI=1S/C27H38N2O5S/c1-17-6-8-20(9-7-17)25(32)29(18(2)24(31)28-13-11-19(15-28)16-30)22-14-21(10-12-27(3,4)5)35-23(22)26(33)34/h14,17-20,30H,6-9,11,13,15-16H2,1-5H3,(H,33,34)/t17-,18-,19-,20-/m0/s1. The Morgan fingerprint density at radius 1 is 1.20 bits per heavy atom. The number of aromatic carboxylic acids is 1. The summed E-state index contributed by atoms with van der Waals surface area (Å²) in [5, 5.41) is 19.5. The molecule has 1 saturated heterocycles. The largest absolute Gasteiger partial charge is 0.477 e. The summed E-state index contributed by atoms with van der Waals surface area (Å²) in [6.45, 7) is 10.8. The molecule has 0 bridgehead atoms. The lowest BCUT2D eigenvalue weighted by Gasteiger charge is -2.35. The van der Waals surface area contributed by atoms with Gasteiger partial charge in [-0.05, 0) is 71.8 Å². The average molecular weight is 503 g/mol. The fraction of sp³-hybridized carbons (Fsp3) is 0.667. The zero-order valence-electron chi connectivity index (χ0n) is 21.5. The smallest absolute Gasteiger partial charge is 0.348 e. The summed E-state index contributed by atoms with van der Waals surface area (Å²) in [5.74, 6) is 5.00. The molecule has 1 saturated carbocycles. The molecule has 8 heteroatoms. The maximum absolute atomic E-state index is 13.9. The number of thiophene rings is 1. The van der Waals surface area contributed by atoms with Gasteiger partial charge >= 0.3 is 5.97 Å². The van der Waals surface area contributed by atoms with E-state index in [1.165, 1.54) is 4.90 Å². The molecule has 2 aliphatic rings. The van der Waals surface area contributed by atoms with Gasteiger partial charge in [0.2, 0.25) is 11.8 Å². The van der Waals surface area contributed by atoms with Crippen molar-refractivity contribution in [3.8, 4) is 11.8 Å². The summed E-state index contributed by atoms with van der Waals surface area (Å²) in [4.78, 5) is 43.3. The summed E-state index contributed by atoms with van der Waals surface area (Å²) >= 11 is 1.04. The van der Waals surface area contributed by atoms with Crippen LogP contribution in [0.25, 0.3) is 0 Å². The van der Waals surface area contributed by atoms with Gasteiger partial charge in [0, 0.05) is 36.9 Å². The van der Waals surface area contributed by atoms with Crippen molar-refractivity contribution in [3.63, 3.8) is 0 Å². The van der Waals surface area contributed by atoms with E-state index in [1.54, 1.807) is 17.9 Å². The molecule has 1 aliphatic heterocycles. The third-order valence-corrected chi connectivity index (χ3v) is 7.96. The third-order valence-electron chi connectivity index (χ3n) is 6.93. The molecule has 2 amide bonds. The summed E-state index contributed by atoms with van der Waals surface area (Å²) in [6.07, 6.45) is 4.06. The lowest BCUT2D eigenvalue weighted by Crippen LogP contribution is -2.51. The number of carboxylic acid groups (broad SMARTS) is 1. The molecule has 192 valence electrons. The molecule has 0 radical (unpaired) electrons. The Balaban J connectivity index is 2.01. The van der Waals surface area contributed by atoms with E-state index in [9.17, 15) is 24.6 Å². The second-order valence-corrected chi connectivity index (χ2v) is 12.1. The van der Waals surface area contributed by atoms with E-state index in [1.807, 2.05) is 20.8 Å². The fourth-order valence-corrected chi connectivity index (χ4v) is 5.64. The normalized spacial score (nSPS) is 23.4. The van der Waals surface area contributed by atoms with Crippen molar-refractivity contribution in [1.82, 2.24) is 4.90 Å². The number of carboxylic acids is 1. The Kier molecular flexibility index (Phi) is 8.66. The minimum absolute atomic E-state index is 0.0184. The number of nitrogens with zero attached hydrogens (tertiary/aromatic N) is 2. The Labute approximate surface area is 212 Å². The lowest BCUT2D eigenvalue weighted by atomic mass is 9.82. The van der Waals surface area contributed by atoms with Gasteiger partial charge in [0.05, 0.1) is 10.6 Å². The Bertz CT molecular complexity index is 1010. The minimum Gasteiger partial charge on any atom is -0.477 e. The van der Waals surface area contributed by atoms with Gasteiger partial charge in [-0.1, -0.05) is 18.8 Å². The van der Waals surface area contributed by atoms with Crippen LogP contribution in [0.1, 0.15) is 81.3 Å². The average Bonchev–Trinajstić information content (AvgIpc) is 3.45. The van der Waals surface area contributed by atoms with E-state index >= 15 is 0 Å². The monoisotopic (exact) mass is 502 g/mol. The number of aliphatic hydroxyl groups excluding tert-OH is 1. The molecular formula is C27H38N2O5S. The van der Waals surface area contributed by atoms with E-state index in [4.69, 9.17) is 0 Å². The highest BCUT2D eigenvalue weighted by molar-refractivity contribution is 7.15. The Hall–Kier alpha value is -2.37. The van der Waals surface area contributed by atoms with Gasteiger partial charge in [0.25, 0.3) is 0 Å². The summed E-state index contributed by atoms with van der Waals surface area (Å²) < 4.78 is 0. The van der Waals surface area contributed by atoms with Crippen LogP contribution in [0, 0.1) is 35.0 Å². The zero-order chi connectivity index (χ0) is 25.9. The first-order chi connectivity index (χ1) is 16.4. The van der Waals surface area contributed by atoms with Crippen LogP contribution in [-0.2, 0) is 9.59 Å². The Morgan fingerprint density at radius 3 is 2.40 bits per heavy atom. The molecule has 1 aromatic heterocycles. The third kappa shape index (κ3) is 6.65. The predicted octanol–water partition coefficient (Wildman–Crippen LogP) is 4.23. The highest BCUT2D eigenvalue weighted by Gasteiger charge is 2.39. The highest BCUT2D eigenvalue weighted by Crippen LogP contribution is 2.37. The van der Waals surface area contributed by atoms with Crippen LogP contribution in [0.2, 0.25) is 0 Å². The molecule has 0 spiro atoms. The first-order valence-corrected chi connectivity index (χ1v) is 13.4. The lowest BCUT2D eigenvalue weighted by molar-refractivity contribution is -0.134. The second kappa shape index (κ2) is 11.1. The van der Waals surface area contributed by atoms with Crippen molar-refractivity contribution in [2.45, 2.75) is 72.8 Å². The number of carbonyl (C=O) groups excluding carboxylic acids is 2. The van der Waals surface area contributed by atoms with Crippen LogP contribution in [0.3, 0.4) is 0 Å². The predicted molar refractivity (Wildman–Crippen MR) is 137 cm³/mol. The number of carbonyl (C=O) groups is 3.